The van der Waals surface area contributed by atoms with Gasteiger partial charge in [-0.05, 0) is 37.3 Å². The van der Waals surface area contributed by atoms with Crippen LogP contribution >= 0.6 is 0 Å². The fourth-order valence-electron chi connectivity index (χ4n) is 2.34. The Balaban J connectivity index is 1.67. The summed E-state index contributed by atoms with van der Waals surface area (Å²) >= 11 is 0. The zero-order chi connectivity index (χ0) is 14.9. The minimum absolute atomic E-state index is 0.498. The van der Waals surface area contributed by atoms with Gasteiger partial charge in [-0.3, -0.25) is 5.10 Å². The number of aromatic amines is 1. The molecule has 7 heteroatoms. The minimum atomic E-state index is 0.498. The Morgan fingerprint density at radius 2 is 2.00 bits per heavy atom. The molecule has 0 spiro atoms. The number of anilines is 2. The Morgan fingerprint density at radius 1 is 1.14 bits per heavy atom. The maximum Gasteiger partial charge on any atom is 0.247 e. The molecule has 0 unspecified atom stereocenters. The van der Waals surface area contributed by atoms with Gasteiger partial charge in [-0.15, -0.1) is 10.2 Å². The van der Waals surface area contributed by atoms with E-state index in [2.05, 4.69) is 30.7 Å². The Labute approximate surface area is 125 Å². The monoisotopic (exact) mass is 292 g/mol. The van der Waals surface area contributed by atoms with Gasteiger partial charge in [0.1, 0.15) is 5.82 Å². The molecule has 0 aliphatic rings. The molecule has 0 aliphatic carbocycles. The largest absolute Gasteiger partial charge is 0.423 e. The van der Waals surface area contributed by atoms with Crippen molar-refractivity contribution in [1.82, 2.24) is 25.4 Å². The quantitative estimate of drug-likeness (QED) is 0.603. The van der Waals surface area contributed by atoms with Crippen LogP contribution in [-0.2, 0) is 0 Å². The van der Waals surface area contributed by atoms with Gasteiger partial charge in [0.05, 0.1) is 10.9 Å². The first kappa shape index (κ1) is 12.5. The highest BCUT2D eigenvalue weighted by Gasteiger charge is 2.09. The fourth-order valence-corrected chi connectivity index (χ4v) is 2.34. The second-order valence-electron chi connectivity index (χ2n) is 4.85. The number of aromatic nitrogens is 5. The van der Waals surface area contributed by atoms with Crippen LogP contribution in [0.15, 0.2) is 47.3 Å². The first-order valence-corrected chi connectivity index (χ1v) is 6.74. The molecule has 108 valence electrons. The summed E-state index contributed by atoms with van der Waals surface area (Å²) in [7, 11) is 0. The summed E-state index contributed by atoms with van der Waals surface area (Å²) in [6.45, 7) is 1.97. The van der Waals surface area contributed by atoms with E-state index in [1.165, 1.54) is 6.39 Å². The maximum absolute atomic E-state index is 5.17. The number of fused-ring (bicyclic) bond motifs is 1. The molecule has 0 saturated carbocycles. The van der Waals surface area contributed by atoms with Crippen molar-refractivity contribution in [3.63, 3.8) is 0 Å². The lowest BCUT2D eigenvalue weighted by Gasteiger charge is -2.07. The molecule has 3 heterocycles. The number of hydrogen-bond acceptors (Lipinski definition) is 6. The van der Waals surface area contributed by atoms with Gasteiger partial charge in [-0.2, -0.15) is 5.10 Å². The average molecular weight is 292 g/mol. The van der Waals surface area contributed by atoms with Gasteiger partial charge in [0.2, 0.25) is 12.3 Å². The van der Waals surface area contributed by atoms with Crippen molar-refractivity contribution in [3.8, 4) is 11.5 Å². The molecule has 0 bridgehead atoms. The van der Waals surface area contributed by atoms with Crippen LogP contribution in [0.5, 0.6) is 0 Å². The standard InChI is InChI=1S/C15H12N6O/c1-9-13-12(20-19-9)6-7-16-14(13)18-11-4-2-10(3-5-11)15-21-17-8-22-15/h2-8H,1H3,(H,16,18)(H,19,20). The molecule has 4 aromatic rings. The number of H-pyrrole nitrogens is 1. The summed E-state index contributed by atoms with van der Waals surface area (Å²) in [5.74, 6) is 1.27. The lowest BCUT2D eigenvalue weighted by Crippen LogP contribution is -1.94. The Hall–Kier alpha value is -3.22. The van der Waals surface area contributed by atoms with E-state index < -0.39 is 0 Å². The zero-order valence-electron chi connectivity index (χ0n) is 11.7. The molecule has 0 atom stereocenters. The van der Waals surface area contributed by atoms with Gasteiger partial charge in [0, 0.05) is 23.1 Å². The predicted octanol–water partition coefficient (Wildman–Crippen LogP) is 3.06. The van der Waals surface area contributed by atoms with Crippen LogP contribution in [-0.4, -0.2) is 25.4 Å². The van der Waals surface area contributed by atoms with Crippen molar-refractivity contribution >= 4 is 22.4 Å². The first-order chi connectivity index (χ1) is 10.8. The second kappa shape index (κ2) is 4.96. The average Bonchev–Trinajstić information content (AvgIpc) is 3.19. The fraction of sp³-hybridized carbons (Fsp3) is 0.0667. The van der Waals surface area contributed by atoms with Gasteiger partial charge in [0.15, 0.2) is 0 Å². The van der Waals surface area contributed by atoms with Crippen molar-refractivity contribution in [1.29, 1.82) is 0 Å². The summed E-state index contributed by atoms with van der Waals surface area (Å²) < 4.78 is 5.17. The van der Waals surface area contributed by atoms with Crippen molar-refractivity contribution in [2.24, 2.45) is 0 Å². The number of pyridine rings is 1. The van der Waals surface area contributed by atoms with Crippen LogP contribution in [0.3, 0.4) is 0 Å². The molecule has 3 aromatic heterocycles. The minimum Gasteiger partial charge on any atom is -0.423 e. The lowest BCUT2D eigenvalue weighted by atomic mass is 10.2. The third kappa shape index (κ3) is 2.08. The topological polar surface area (TPSA) is 92.5 Å². The predicted molar refractivity (Wildman–Crippen MR) is 81.6 cm³/mol. The molecule has 7 nitrogen and oxygen atoms in total. The smallest absolute Gasteiger partial charge is 0.247 e. The summed E-state index contributed by atoms with van der Waals surface area (Å²) in [5, 5.41) is 19.1. The van der Waals surface area contributed by atoms with E-state index in [0.717, 1.165) is 33.7 Å². The molecule has 2 N–H and O–H groups in total. The van der Waals surface area contributed by atoms with Gasteiger partial charge in [-0.1, -0.05) is 0 Å². The summed E-state index contributed by atoms with van der Waals surface area (Å²) in [5.41, 5.74) is 3.66. The number of hydrogen-bond donors (Lipinski definition) is 2. The van der Waals surface area contributed by atoms with Crippen molar-refractivity contribution in [2.75, 3.05) is 5.32 Å². The molecule has 0 aliphatic heterocycles. The molecular formula is C15H12N6O. The third-order valence-electron chi connectivity index (χ3n) is 3.40. The number of nitrogens with zero attached hydrogens (tertiary/aromatic N) is 4. The number of nitrogens with one attached hydrogen (secondary N) is 2. The van der Waals surface area contributed by atoms with Crippen molar-refractivity contribution < 1.29 is 4.42 Å². The van der Waals surface area contributed by atoms with Gasteiger partial charge in [0.25, 0.3) is 0 Å². The van der Waals surface area contributed by atoms with E-state index in [1.807, 2.05) is 37.3 Å². The number of aryl methyl sites for hydroxylation is 1. The Morgan fingerprint density at radius 3 is 2.77 bits per heavy atom. The van der Waals surface area contributed by atoms with Crippen molar-refractivity contribution in [3.05, 3.63) is 48.6 Å². The van der Waals surface area contributed by atoms with Gasteiger partial charge < -0.3 is 9.73 Å². The van der Waals surface area contributed by atoms with E-state index in [0.29, 0.717) is 5.89 Å². The molecule has 0 saturated heterocycles. The van der Waals surface area contributed by atoms with E-state index >= 15 is 0 Å². The van der Waals surface area contributed by atoms with E-state index in [1.54, 1.807) is 6.20 Å². The highest BCUT2D eigenvalue weighted by Crippen LogP contribution is 2.26. The van der Waals surface area contributed by atoms with E-state index in [4.69, 9.17) is 4.42 Å². The second-order valence-corrected chi connectivity index (χ2v) is 4.85. The maximum atomic E-state index is 5.17. The third-order valence-corrected chi connectivity index (χ3v) is 3.40. The molecular weight excluding hydrogens is 280 g/mol. The van der Waals surface area contributed by atoms with Gasteiger partial charge in [-0.25, -0.2) is 4.98 Å². The summed E-state index contributed by atoms with van der Waals surface area (Å²) in [6.07, 6.45) is 3.05. The van der Waals surface area contributed by atoms with Crippen LogP contribution < -0.4 is 5.32 Å². The first-order valence-electron chi connectivity index (χ1n) is 6.74. The summed E-state index contributed by atoms with van der Waals surface area (Å²) in [6, 6.07) is 9.59. The normalized spacial score (nSPS) is 11.0. The number of benzene rings is 1. The molecule has 0 amide bonds. The highest BCUT2D eigenvalue weighted by molar-refractivity contribution is 5.92. The van der Waals surface area contributed by atoms with Crippen LogP contribution in [0.25, 0.3) is 22.4 Å². The molecule has 4 rings (SSSR count). The van der Waals surface area contributed by atoms with Crippen LogP contribution in [0, 0.1) is 6.92 Å². The Bertz CT molecular complexity index is 911. The lowest BCUT2D eigenvalue weighted by molar-refractivity contribution is 0.568. The van der Waals surface area contributed by atoms with E-state index in [9.17, 15) is 0 Å². The molecule has 0 radical (unpaired) electrons. The zero-order valence-corrected chi connectivity index (χ0v) is 11.7. The molecule has 22 heavy (non-hydrogen) atoms. The summed E-state index contributed by atoms with van der Waals surface area (Å²) in [4.78, 5) is 4.40. The van der Waals surface area contributed by atoms with Crippen LogP contribution in [0.1, 0.15) is 5.69 Å². The SMILES string of the molecule is Cc1[nH]nc2ccnc(Nc3ccc(-c4nnco4)cc3)c12. The Kier molecular flexibility index (Phi) is 2.82. The van der Waals surface area contributed by atoms with Gasteiger partial charge >= 0.3 is 0 Å². The molecule has 1 aromatic carbocycles. The highest BCUT2D eigenvalue weighted by atomic mass is 16.4. The van der Waals surface area contributed by atoms with Crippen molar-refractivity contribution in [2.45, 2.75) is 6.92 Å². The molecule has 0 fully saturated rings. The van der Waals surface area contributed by atoms with E-state index in [-0.39, 0.29) is 0 Å². The van der Waals surface area contributed by atoms with Crippen LogP contribution in [0.2, 0.25) is 0 Å². The van der Waals surface area contributed by atoms with Crippen LogP contribution in [0.4, 0.5) is 11.5 Å². The number of rotatable bonds is 3.